The summed E-state index contributed by atoms with van der Waals surface area (Å²) in [6.45, 7) is 0. The molecule has 4 aromatic rings. The van der Waals surface area contributed by atoms with Crippen LogP contribution in [0.15, 0.2) is 101 Å². The Balaban J connectivity index is 1.34. The number of nitrogens with zero attached hydrogens (tertiary/aromatic N) is 2. The number of hydrogen-bond acceptors (Lipinski definition) is 8. The smallest absolute Gasteiger partial charge is 0.271 e. The minimum Gasteiger partial charge on any atom is -0.271 e. The molecule has 5 rings (SSSR count). The van der Waals surface area contributed by atoms with Crippen LogP contribution in [-0.2, 0) is 15.8 Å². The molecule has 0 fully saturated rings. The molecule has 40 heavy (non-hydrogen) atoms. The number of nitrogens with one attached hydrogen (secondary N) is 2. The molecule has 1 heterocycles. The van der Waals surface area contributed by atoms with E-state index < -0.39 is 31.4 Å². The number of hydrogen-bond donors (Lipinski definition) is 2. The number of nitro benzene ring substituents is 1. The van der Waals surface area contributed by atoms with Crippen LogP contribution in [0.5, 0.6) is 0 Å². The van der Waals surface area contributed by atoms with E-state index in [0.717, 1.165) is 40.3 Å². The summed E-state index contributed by atoms with van der Waals surface area (Å²) in [4.78, 5) is 23.3. The minimum atomic E-state index is -4.44. The number of carbonyl (C=O) groups excluding carboxylic acids is 1. The third kappa shape index (κ3) is 5.87. The summed E-state index contributed by atoms with van der Waals surface area (Å²) in [5.41, 5.74) is 6.45. The van der Waals surface area contributed by atoms with Gasteiger partial charge in [0.05, 0.1) is 15.5 Å². The van der Waals surface area contributed by atoms with Crippen molar-refractivity contribution < 1.29 is 22.5 Å². The molecule has 202 valence electrons. The number of anilines is 1. The molecule has 0 atom stereocenters. The van der Waals surface area contributed by atoms with Gasteiger partial charge < -0.3 is 0 Å². The zero-order valence-electron chi connectivity index (χ0n) is 20.7. The van der Waals surface area contributed by atoms with Crippen molar-refractivity contribution in [2.45, 2.75) is 10.6 Å². The fourth-order valence-corrected chi connectivity index (χ4v) is 6.08. The van der Waals surface area contributed by atoms with Gasteiger partial charge in [0, 0.05) is 28.7 Å². The molecular formula is C28H21FN4O5S2. The first-order valence-corrected chi connectivity index (χ1v) is 14.6. The molecule has 9 nitrogen and oxygen atoms in total. The van der Waals surface area contributed by atoms with Crippen molar-refractivity contribution in [2.75, 3.05) is 11.2 Å². The summed E-state index contributed by atoms with van der Waals surface area (Å²) in [5.74, 6) is 0.166. The van der Waals surface area contributed by atoms with E-state index in [1.807, 2.05) is 29.0 Å². The van der Waals surface area contributed by atoms with E-state index in [1.165, 1.54) is 30.3 Å². The second-order valence-electron chi connectivity index (χ2n) is 8.78. The van der Waals surface area contributed by atoms with Crippen molar-refractivity contribution in [3.8, 4) is 11.1 Å². The van der Waals surface area contributed by atoms with Gasteiger partial charge >= 0.3 is 0 Å². The molecule has 1 aliphatic heterocycles. The molecule has 0 unspecified atom stereocenters. The van der Waals surface area contributed by atoms with Gasteiger partial charge in [0.15, 0.2) is 0 Å². The van der Waals surface area contributed by atoms with E-state index >= 15 is 0 Å². The molecule has 2 N–H and O–H groups in total. The zero-order chi connectivity index (χ0) is 28.3. The molecule has 0 aromatic heterocycles. The first-order valence-electron chi connectivity index (χ1n) is 11.9. The highest BCUT2D eigenvalue weighted by molar-refractivity contribution is 7.99. The van der Waals surface area contributed by atoms with Crippen molar-refractivity contribution in [3.63, 3.8) is 0 Å². The lowest BCUT2D eigenvalue weighted by Crippen LogP contribution is -2.30. The fourth-order valence-electron chi connectivity index (χ4n) is 4.10. The number of nitro groups is 1. The Bertz CT molecular complexity index is 1740. The Hall–Kier alpha value is -4.55. The number of benzene rings is 4. The van der Waals surface area contributed by atoms with Crippen LogP contribution in [0.4, 0.5) is 15.8 Å². The molecule has 0 aliphatic carbocycles. The number of rotatable bonds is 7. The maximum atomic E-state index is 13.2. The lowest BCUT2D eigenvalue weighted by molar-refractivity contribution is -0.384. The van der Waals surface area contributed by atoms with E-state index in [1.54, 1.807) is 36.0 Å². The van der Waals surface area contributed by atoms with Gasteiger partial charge in [-0.05, 0) is 53.1 Å². The van der Waals surface area contributed by atoms with Crippen LogP contribution in [0.25, 0.3) is 11.1 Å². The maximum absolute atomic E-state index is 13.2. The van der Waals surface area contributed by atoms with Crippen molar-refractivity contribution in [3.05, 3.63) is 124 Å². The summed E-state index contributed by atoms with van der Waals surface area (Å²) in [6, 6.07) is 22.9. The Kier molecular flexibility index (Phi) is 7.63. The molecule has 0 bridgehead atoms. The highest BCUT2D eigenvalue weighted by atomic mass is 32.2. The van der Waals surface area contributed by atoms with E-state index in [9.17, 15) is 27.7 Å². The van der Waals surface area contributed by atoms with E-state index in [2.05, 4.69) is 10.5 Å². The summed E-state index contributed by atoms with van der Waals surface area (Å²) < 4.78 is 41.0. The Labute approximate surface area is 233 Å². The Morgan fingerprint density at radius 1 is 0.925 bits per heavy atom. The number of hydrazone groups is 1. The quantitative estimate of drug-likeness (QED) is 0.217. The van der Waals surface area contributed by atoms with Crippen molar-refractivity contribution >= 4 is 44.8 Å². The van der Waals surface area contributed by atoms with E-state index in [0.29, 0.717) is 11.3 Å². The number of fused-ring (bicyclic) bond motifs is 1. The molecule has 0 radical (unpaired) electrons. The van der Waals surface area contributed by atoms with Crippen LogP contribution in [0.3, 0.4) is 0 Å². The van der Waals surface area contributed by atoms with Gasteiger partial charge in [0.1, 0.15) is 11.5 Å². The Morgan fingerprint density at radius 3 is 2.30 bits per heavy atom. The molecule has 0 saturated carbocycles. The average molecular weight is 577 g/mol. The van der Waals surface area contributed by atoms with Gasteiger partial charge in [-0.15, -0.1) is 0 Å². The number of halogens is 1. The number of sulfonamides is 1. The summed E-state index contributed by atoms with van der Waals surface area (Å²) >= 11 is 1.66. The highest BCUT2D eigenvalue weighted by Crippen LogP contribution is 2.29. The van der Waals surface area contributed by atoms with Crippen molar-refractivity contribution in [1.82, 2.24) is 4.72 Å². The van der Waals surface area contributed by atoms with Crippen LogP contribution in [0, 0.1) is 15.9 Å². The van der Waals surface area contributed by atoms with E-state index in [4.69, 9.17) is 0 Å². The third-order valence-corrected chi connectivity index (χ3v) is 8.49. The predicted molar refractivity (Wildman–Crippen MR) is 152 cm³/mol. The normalized spacial score (nSPS) is 13.9. The minimum absolute atomic E-state index is 0.00668. The van der Waals surface area contributed by atoms with Gasteiger partial charge in [0.25, 0.3) is 21.6 Å². The largest absolute Gasteiger partial charge is 0.295 e. The number of thioether (sulfide) groups is 1. The monoisotopic (exact) mass is 576 g/mol. The second kappa shape index (κ2) is 11.3. The van der Waals surface area contributed by atoms with Crippen LogP contribution in [0.2, 0.25) is 0 Å². The first-order chi connectivity index (χ1) is 19.2. The summed E-state index contributed by atoms with van der Waals surface area (Å²) in [5, 5.41) is 16.1. The molecule has 1 aliphatic rings. The lowest BCUT2D eigenvalue weighted by Gasteiger charge is -2.17. The Morgan fingerprint density at radius 2 is 1.60 bits per heavy atom. The zero-order valence-corrected chi connectivity index (χ0v) is 22.3. The number of carbonyl (C=O) groups is 1. The summed E-state index contributed by atoms with van der Waals surface area (Å²) in [7, 11) is -4.44. The highest BCUT2D eigenvalue weighted by Gasteiger charge is 2.24. The maximum Gasteiger partial charge on any atom is 0.295 e. The standard InChI is InChI=1S/C28H21FN4O5S2/c29-22-11-9-19(10-12-22)18-5-7-20(8-6-18)28(34)32-40(37,38)23-13-14-25(27(15-23)33(35)36)30-31-26-17-39-16-21-3-1-2-4-24(21)26/h1-15,30H,16-17H2,(H,32,34)/b31-26-. The van der Waals surface area contributed by atoms with Crippen molar-refractivity contribution in [1.29, 1.82) is 0 Å². The molecular weight excluding hydrogens is 555 g/mol. The van der Waals surface area contributed by atoms with Crippen LogP contribution < -0.4 is 10.1 Å². The van der Waals surface area contributed by atoms with Gasteiger partial charge in [-0.1, -0.05) is 48.5 Å². The van der Waals surface area contributed by atoms with E-state index in [-0.39, 0.29) is 17.1 Å². The van der Waals surface area contributed by atoms with Gasteiger partial charge in [-0.3, -0.25) is 20.3 Å². The van der Waals surface area contributed by atoms with Gasteiger partial charge in [-0.25, -0.2) is 17.5 Å². The van der Waals surface area contributed by atoms with Gasteiger partial charge in [-0.2, -0.15) is 16.9 Å². The second-order valence-corrected chi connectivity index (χ2v) is 11.4. The van der Waals surface area contributed by atoms with Gasteiger partial charge in [0.2, 0.25) is 0 Å². The molecule has 0 spiro atoms. The predicted octanol–water partition coefficient (Wildman–Crippen LogP) is 5.58. The average Bonchev–Trinajstić information content (AvgIpc) is 2.96. The van der Waals surface area contributed by atoms with Crippen molar-refractivity contribution in [2.24, 2.45) is 5.10 Å². The molecule has 1 amide bonds. The van der Waals surface area contributed by atoms with Crippen LogP contribution in [0.1, 0.15) is 21.5 Å². The first kappa shape index (κ1) is 27.0. The molecule has 0 saturated heterocycles. The molecule has 12 heteroatoms. The topological polar surface area (TPSA) is 131 Å². The SMILES string of the molecule is O=C(NS(=O)(=O)c1ccc(N/N=C2/CSCc3ccccc32)c([N+](=O)[O-])c1)c1ccc(-c2ccc(F)cc2)cc1. The lowest BCUT2D eigenvalue weighted by atomic mass is 10.0. The number of amides is 1. The summed E-state index contributed by atoms with van der Waals surface area (Å²) in [6.07, 6.45) is 0. The fraction of sp³-hybridized carbons (Fsp3) is 0.0714. The third-order valence-electron chi connectivity index (χ3n) is 6.16. The molecule has 4 aromatic carbocycles. The van der Waals surface area contributed by atoms with Crippen LogP contribution in [-0.4, -0.2) is 30.7 Å². The van der Waals surface area contributed by atoms with Crippen LogP contribution >= 0.6 is 11.8 Å².